The van der Waals surface area contributed by atoms with Crippen molar-refractivity contribution in [1.29, 1.82) is 0 Å². The lowest BCUT2D eigenvalue weighted by Crippen LogP contribution is -2.33. The second-order valence-corrected chi connectivity index (χ2v) is 5.55. The molecule has 0 spiro atoms. The number of rotatable bonds is 9. The maximum absolute atomic E-state index is 11.7. The highest BCUT2D eigenvalue weighted by Crippen LogP contribution is 2.29. The van der Waals surface area contributed by atoms with Crippen molar-refractivity contribution >= 4 is 23.8 Å². The molecule has 0 fully saturated rings. The van der Waals surface area contributed by atoms with E-state index in [2.05, 4.69) is 5.32 Å². The smallest absolute Gasteiger partial charge is 0.320 e. The van der Waals surface area contributed by atoms with Crippen molar-refractivity contribution in [2.24, 2.45) is 5.73 Å². The molecule has 0 radical (unpaired) electrons. The van der Waals surface area contributed by atoms with Gasteiger partial charge in [-0.3, -0.25) is 19.2 Å². The summed E-state index contributed by atoms with van der Waals surface area (Å²) < 4.78 is 10.0. The number of nitrogens with two attached hydrogens (primary N) is 1. The van der Waals surface area contributed by atoms with E-state index in [4.69, 9.17) is 20.3 Å². The van der Waals surface area contributed by atoms with Gasteiger partial charge in [0.05, 0.1) is 0 Å². The zero-order valence-corrected chi connectivity index (χ0v) is 14.6. The highest BCUT2D eigenvalue weighted by molar-refractivity contribution is 5.78. The Labute approximate surface area is 150 Å². The minimum Gasteiger partial charge on any atom is -0.480 e. The van der Waals surface area contributed by atoms with Crippen LogP contribution in [-0.2, 0) is 25.6 Å². The maximum Gasteiger partial charge on any atom is 0.320 e. The van der Waals surface area contributed by atoms with E-state index in [1.165, 1.54) is 19.9 Å². The topological polar surface area (TPSA) is 145 Å². The van der Waals surface area contributed by atoms with E-state index in [1.807, 2.05) is 0 Å². The van der Waals surface area contributed by atoms with Crippen LogP contribution in [0.3, 0.4) is 0 Å². The van der Waals surface area contributed by atoms with E-state index in [1.54, 1.807) is 12.1 Å². The minimum atomic E-state index is -1.15. The first kappa shape index (κ1) is 21.1. The van der Waals surface area contributed by atoms with E-state index in [9.17, 15) is 19.2 Å². The van der Waals surface area contributed by atoms with E-state index in [-0.39, 0.29) is 30.2 Å². The van der Waals surface area contributed by atoms with Gasteiger partial charge in [-0.1, -0.05) is 6.07 Å². The van der Waals surface area contributed by atoms with Crippen LogP contribution in [0, 0.1) is 0 Å². The third kappa shape index (κ3) is 7.75. The fourth-order valence-electron chi connectivity index (χ4n) is 2.03. The molecule has 0 unspecified atom stereocenters. The Bertz CT molecular complexity index is 688. The number of nitrogens with one attached hydrogen (secondary N) is 1. The Kier molecular flexibility index (Phi) is 8.23. The third-order valence-electron chi connectivity index (χ3n) is 3.25. The molecule has 1 atom stereocenters. The molecular weight excluding hydrogens is 344 g/mol. The number of hydrogen-bond donors (Lipinski definition) is 3. The van der Waals surface area contributed by atoms with Gasteiger partial charge >= 0.3 is 17.9 Å². The maximum atomic E-state index is 11.7. The molecule has 0 saturated carbocycles. The summed E-state index contributed by atoms with van der Waals surface area (Å²) in [5.74, 6) is -2.31. The molecule has 1 amide bonds. The summed E-state index contributed by atoms with van der Waals surface area (Å²) in [6, 6.07) is 3.66. The average Bonchev–Trinajstić information content (AvgIpc) is 2.53. The van der Waals surface area contributed by atoms with Crippen molar-refractivity contribution in [3.8, 4) is 11.5 Å². The van der Waals surface area contributed by atoms with E-state index in [0.29, 0.717) is 13.0 Å². The molecule has 9 nitrogen and oxygen atoms in total. The summed E-state index contributed by atoms with van der Waals surface area (Å²) in [5, 5.41) is 11.3. The van der Waals surface area contributed by atoms with Gasteiger partial charge in [-0.2, -0.15) is 0 Å². The molecule has 4 N–H and O–H groups in total. The van der Waals surface area contributed by atoms with Gasteiger partial charge < -0.3 is 25.6 Å². The minimum absolute atomic E-state index is 0.0115. The van der Waals surface area contributed by atoms with Crippen molar-refractivity contribution in [2.45, 2.75) is 39.2 Å². The van der Waals surface area contributed by atoms with Crippen LogP contribution in [0.4, 0.5) is 0 Å². The first-order chi connectivity index (χ1) is 12.2. The molecule has 0 aromatic heterocycles. The predicted molar refractivity (Wildman–Crippen MR) is 90.6 cm³/mol. The molecule has 142 valence electrons. The molecule has 0 aliphatic carbocycles. The van der Waals surface area contributed by atoms with Gasteiger partial charge in [0.2, 0.25) is 5.91 Å². The van der Waals surface area contributed by atoms with Crippen LogP contribution in [0.15, 0.2) is 18.2 Å². The Balaban J connectivity index is 2.58. The Morgan fingerprint density at radius 2 is 1.73 bits per heavy atom. The van der Waals surface area contributed by atoms with E-state index < -0.39 is 23.9 Å². The summed E-state index contributed by atoms with van der Waals surface area (Å²) in [6.07, 6.45) is 0.498. The largest absolute Gasteiger partial charge is 0.480 e. The second-order valence-electron chi connectivity index (χ2n) is 5.55. The summed E-state index contributed by atoms with van der Waals surface area (Å²) in [6.45, 7) is 2.76. The van der Waals surface area contributed by atoms with Crippen LogP contribution in [0.2, 0.25) is 0 Å². The second kappa shape index (κ2) is 10.1. The van der Waals surface area contributed by atoms with Crippen LogP contribution in [0.25, 0.3) is 0 Å². The quantitative estimate of drug-likeness (QED) is 0.420. The normalized spacial score (nSPS) is 11.3. The Morgan fingerprint density at radius 1 is 1.12 bits per heavy atom. The van der Waals surface area contributed by atoms with E-state index >= 15 is 0 Å². The van der Waals surface area contributed by atoms with Crippen molar-refractivity contribution in [3.63, 3.8) is 0 Å². The molecule has 0 heterocycles. The van der Waals surface area contributed by atoms with Gasteiger partial charge in [-0.15, -0.1) is 0 Å². The van der Waals surface area contributed by atoms with Crippen LogP contribution >= 0.6 is 0 Å². The number of ether oxygens (including phenoxy) is 2. The average molecular weight is 366 g/mol. The Morgan fingerprint density at radius 3 is 2.31 bits per heavy atom. The lowest BCUT2D eigenvalue weighted by Gasteiger charge is -2.11. The standard InChI is InChI=1S/C17H22N2O7/c1-10(20)25-14-5-3-12(9-15(14)26-11(2)21)7-8-19-16(22)6-4-13(18)17(23)24/h3,5,9,13H,4,6-8,18H2,1-2H3,(H,19,22)(H,23,24)/t13-/m0/s1. The van der Waals surface area contributed by atoms with Crippen molar-refractivity contribution < 1.29 is 33.8 Å². The van der Waals surface area contributed by atoms with Crippen molar-refractivity contribution in [1.82, 2.24) is 5.32 Å². The van der Waals surface area contributed by atoms with Crippen molar-refractivity contribution in [2.75, 3.05) is 6.54 Å². The first-order valence-corrected chi connectivity index (χ1v) is 7.94. The number of carbonyl (C=O) groups is 4. The molecule has 1 rings (SSSR count). The molecule has 1 aromatic rings. The highest BCUT2D eigenvalue weighted by atomic mass is 16.6. The Hall–Kier alpha value is -2.94. The number of benzene rings is 1. The van der Waals surface area contributed by atoms with Gasteiger partial charge in [-0.25, -0.2) is 0 Å². The summed E-state index contributed by atoms with van der Waals surface area (Å²) in [5.41, 5.74) is 6.08. The number of hydrogen-bond acceptors (Lipinski definition) is 7. The molecule has 0 aliphatic rings. The van der Waals surface area contributed by atoms with Gasteiger partial charge in [0.25, 0.3) is 0 Å². The lowest BCUT2D eigenvalue weighted by atomic mass is 10.1. The highest BCUT2D eigenvalue weighted by Gasteiger charge is 2.14. The van der Waals surface area contributed by atoms with Gasteiger partial charge in [0.15, 0.2) is 11.5 Å². The fourth-order valence-corrected chi connectivity index (χ4v) is 2.03. The first-order valence-electron chi connectivity index (χ1n) is 7.94. The van der Waals surface area contributed by atoms with Crippen LogP contribution < -0.4 is 20.5 Å². The number of esters is 2. The molecule has 1 aromatic carbocycles. The zero-order chi connectivity index (χ0) is 19.7. The van der Waals surface area contributed by atoms with Gasteiger partial charge in [-0.05, 0) is 30.5 Å². The molecule has 0 bridgehead atoms. The number of carbonyl (C=O) groups excluding carboxylic acids is 3. The summed E-state index contributed by atoms with van der Waals surface area (Å²) in [7, 11) is 0. The van der Waals surface area contributed by atoms with E-state index in [0.717, 1.165) is 5.56 Å². The summed E-state index contributed by atoms with van der Waals surface area (Å²) >= 11 is 0. The number of amides is 1. The molecule has 0 aliphatic heterocycles. The SMILES string of the molecule is CC(=O)Oc1ccc(CCNC(=O)CC[C@H](N)C(=O)O)cc1OC(C)=O. The van der Waals surface area contributed by atoms with Gasteiger partial charge in [0, 0.05) is 26.8 Å². The van der Waals surface area contributed by atoms with Crippen LogP contribution in [0.5, 0.6) is 11.5 Å². The lowest BCUT2D eigenvalue weighted by molar-refractivity contribution is -0.139. The molecule has 9 heteroatoms. The van der Waals surface area contributed by atoms with Gasteiger partial charge in [0.1, 0.15) is 6.04 Å². The number of aliphatic carboxylic acids is 1. The molecule has 26 heavy (non-hydrogen) atoms. The third-order valence-corrected chi connectivity index (χ3v) is 3.25. The van der Waals surface area contributed by atoms with Crippen LogP contribution in [-0.4, -0.2) is 41.5 Å². The number of carboxylic acid groups (broad SMARTS) is 1. The number of carboxylic acids is 1. The van der Waals surface area contributed by atoms with Crippen LogP contribution in [0.1, 0.15) is 32.3 Å². The van der Waals surface area contributed by atoms with Crippen molar-refractivity contribution in [3.05, 3.63) is 23.8 Å². The zero-order valence-electron chi connectivity index (χ0n) is 14.6. The fraction of sp³-hybridized carbons (Fsp3) is 0.412. The molecular formula is C17H22N2O7. The molecule has 0 saturated heterocycles. The summed E-state index contributed by atoms with van der Waals surface area (Å²) in [4.78, 5) is 44.5. The monoisotopic (exact) mass is 366 g/mol. The predicted octanol–water partition coefficient (Wildman–Crippen LogP) is 0.388.